The minimum Gasteiger partial charge on any atom is -0.355 e. The van der Waals surface area contributed by atoms with Gasteiger partial charge in [-0.05, 0) is 12.8 Å². The van der Waals surface area contributed by atoms with Crippen LogP contribution in [0.1, 0.15) is 26.2 Å². The largest absolute Gasteiger partial charge is 0.355 e. The minimum atomic E-state index is -3.14. The van der Waals surface area contributed by atoms with Crippen molar-refractivity contribution in [1.29, 1.82) is 0 Å². The lowest BCUT2D eigenvalue weighted by molar-refractivity contribution is -0.122. The number of carbonyl (C=O) groups excluding carboxylic acids is 1. The van der Waals surface area contributed by atoms with Crippen LogP contribution in [-0.4, -0.2) is 39.7 Å². The van der Waals surface area contributed by atoms with Crippen LogP contribution in [0.15, 0.2) is 0 Å². The van der Waals surface area contributed by atoms with Crippen molar-refractivity contribution in [1.82, 2.24) is 10.0 Å². The Hall–Kier alpha value is -0.660. The van der Waals surface area contributed by atoms with E-state index in [1.165, 1.54) is 0 Å². The number of sulfonamides is 1. The molecule has 0 fully saturated rings. The molecule has 96 valence electrons. The molecule has 0 aromatic heterocycles. The maximum Gasteiger partial charge on any atom is 0.236 e. The summed E-state index contributed by atoms with van der Waals surface area (Å²) in [5.74, 6) is -0.179. The van der Waals surface area contributed by atoms with E-state index in [1.807, 2.05) is 6.92 Å². The maximum absolute atomic E-state index is 11.3. The van der Waals surface area contributed by atoms with Gasteiger partial charge in [-0.3, -0.25) is 4.79 Å². The highest BCUT2D eigenvalue weighted by Gasteiger charge is 2.10. The average Bonchev–Trinajstić information content (AvgIpc) is 2.15. The van der Waals surface area contributed by atoms with E-state index in [2.05, 4.69) is 10.0 Å². The van der Waals surface area contributed by atoms with Crippen molar-refractivity contribution in [3.05, 3.63) is 0 Å². The van der Waals surface area contributed by atoms with Crippen LogP contribution < -0.4 is 15.8 Å². The molecule has 0 aromatic rings. The average molecular weight is 251 g/mol. The second-order valence-corrected chi connectivity index (χ2v) is 5.54. The highest BCUT2D eigenvalue weighted by Crippen LogP contribution is 1.92. The third-order valence-electron chi connectivity index (χ3n) is 1.95. The molecule has 1 atom stereocenters. The summed E-state index contributed by atoms with van der Waals surface area (Å²) in [4.78, 5) is 11.3. The van der Waals surface area contributed by atoms with E-state index < -0.39 is 16.1 Å². The van der Waals surface area contributed by atoms with Crippen molar-refractivity contribution in [2.24, 2.45) is 5.73 Å². The molecule has 0 aliphatic heterocycles. The van der Waals surface area contributed by atoms with Gasteiger partial charge in [-0.2, -0.15) is 0 Å². The number of carbonyl (C=O) groups is 1. The van der Waals surface area contributed by atoms with Crippen LogP contribution in [0.4, 0.5) is 0 Å². The first kappa shape index (κ1) is 15.3. The molecule has 0 aliphatic carbocycles. The van der Waals surface area contributed by atoms with E-state index in [0.717, 1.165) is 12.7 Å². The van der Waals surface area contributed by atoms with Gasteiger partial charge in [-0.1, -0.05) is 13.3 Å². The molecule has 6 nitrogen and oxygen atoms in total. The number of hydrogen-bond acceptors (Lipinski definition) is 4. The van der Waals surface area contributed by atoms with Gasteiger partial charge in [0.25, 0.3) is 0 Å². The van der Waals surface area contributed by atoms with Gasteiger partial charge in [0.05, 0.1) is 12.3 Å². The van der Waals surface area contributed by atoms with E-state index >= 15 is 0 Å². The van der Waals surface area contributed by atoms with Crippen LogP contribution in [0.25, 0.3) is 0 Å². The van der Waals surface area contributed by atoms with E-state index in [4.69, 9.17) is 5.73 Å². The van der Waals surface area contributed by atoms with Crippen LogP contribution in [-0.2, 0) is 14.8 Å². The quantitative estimate of drug-likeness (QED) is 0.490. The van der Waals surface area contributed by atoms with Gasteiger partial charge in [-0.15, -0.1) is 0 Å². The zero-order valence-corrected chi connectivity index (χ0v) is 10.6. The molecule has 4 N–H and O–H groups in total. The Morgan fingerprint density at radius 2 is 2.00 bits per heavy atom. The Morgan fingerprint density at radius 1 is 1.38 bits per heavy atom. The number of amides is 1. The van der Waals surface area contributed by atoms with Crippen LogP contribution >= 0.6 is 0 Å². The third-order valence-corrected chi connectivity index (χ3v) is 2.68. The molecule has 1 amide bonds. The van der Waals surface area contributed by atoms with Crippen molar-refractivity contribution in [3.63, 3.8) is 0 Å². The van der Waals surface area contributed by atoms with E-state index in [9.17, 15) is 13.2 Å². The molecule has 0 aromatic carbocycles. The molecular formula is C9H21N3O3S. The van der Waals surface area contributed by atoms with Crippen molar-refractivity contribution in [2.75, 3.05) is 19.3 Å². The summed E-state index contributed by atoms with van der Waals surface area (Å²) >= 11 is 0. The number of nitrogens with one attached hydrogen (secondary N) is 2. The van der Waals surface area contributed by atoms with Crippen molar-refractivity contribution in [2.45, 2.75) is 32.2 Å². The van der Waals surface area contributed by atoms with E-state index in [0.29, 0.717) is 25.9 Å². The van der Waals surface area contributed by atoms with Gasteiger partial charge in [-0.25, -0.2) is 13.1 Å². The topological polar surface area (TPSA) is 101 Å². The van der Waals surface area contributed by atoms with Crippen LogP contribution in [0, 0.1) is 0 Å². The smallest absolute Gasteiger partial charge is 0.236 e. The minimum absolute atomic E-state index is 0.179. The zero-order valence-electron chi connectivity index (χ0n) is 9.82. The Labute approximate surface area is 97.0 Å². The Morgan fingerprint density at radius 3 is 2.50 bits per heavy atom. The summed E-state index contributed by atoms with van der Waals surface area (Å²) in [5, 5.41) is 2.65. The van der Waals surface area contributed by atoms with E-state index in [1.54, 1.807) is 0 Å². The van der Waals surface area contributed by atoms with Gasteiger partial charge in [0.1, 0.15) is 0 Å². The molecule has 7 heteroatoms. The third kappa shape index (κ3) is 8.63. The summed E-state index contributed by atoms with van der Waals surface area (Å²) < 4.78 is 23.7. The first-order chi connectivity index (χ1) is 7.37. The molecule has 0 radical (unpaired) electrons. The molecule has 0 bridgehead atoms. The molecule has 0 spiro atoms. The molecule has 16 heavy (non-hydrogen) atoms. The summed E-state index contributed by atoms with van der Waals surface area (Å²) in [6, 6.07) is -0.465. The fourth-order valence-corrected chi connectivity index (χ4v) is 1.65. The molecule has 0 unspecified atom stereocenters. The van der Waals surface area contributed by atoms with Crippen LogP contribution in [0.3, 0.4) is 0 Å². The Kier molecular flexibility index (Phi) is 7.27. The molecule has 0 saturated carbocycles. The standard InChI is InChI=1S/C9H21N3O3S/c1-3-5-8(10)9(13)11-6-4-7-12-16(2,14)15/h8,12H,3-7,10H2,1-2H3,(H,11,13)/t8-/m1/s1. The summed E-state index contributed by atoms with van der Waals surface area (Å²) in [5.41, 5.74) is 5.59. The normalized spacial score (nSPS) is 13.4. The molecule has 0 rings (SSSR count). The zero-order chi connectivity index (χ0) is 12.6. The Bertz CT molecular complexity index is 303. The van der Waals surface area contributed by atoms with Gasteiger partial charge in [0.15, 0.2) is 0 Å². The van der Waals surface area contributed by atoms with Crippen LogP contribution in [0.2, 0.25) is 0 Å². The lowest BCUT2D eigenvalue weighted by Crippen LogP contribution is -2.41. The summed E-state index contributed by atoms with van der Waals surface area (Å²) in [6.07, 6.45) is 3.18. The second-order valence-electron chi connectivity index (χ2n) is 3.71. The molecule has 0 saturated heterocycles. The summed E-state index contributed by atoms with van der Waals surface area (Å²) in [6.45, 7) is 2.71. The number of rotatable bonds is 8. The molecule has 0 heterocycles. The van der Waals surface area contributed by atoms with Crippen molar-refractivity contribution < 1.29 is 13.2 Å². The lowest BCUT2D eigenvalue weighted by atomic mass is 10.2. The second kappa shape index (κ2) is 7.59. The van der Waals surface area contributed by atoms with Crippen molar-refractivity contribution in [3.8, 4) is 0 Å². The SMILES string of the molecule is CCC[C@@H](N)C(=O)NCCCNS(C)(=O)=O. The lowest BCUT2D eigenvalue weighted by Gasteiger charge is -2.10. The number of hydrogen-bond donors (Lipinski definition) is 3. The fourth-order valence-electron chi connectivity index (χ4n) is 1.13. The Balaban J connectivity index is 3.56. The van der Waals surface area contributed by atoms with Crippen molar-refractivity contribution >= 4 is 15.9 Å². The molecular weight excluding hydrogens is 230 g/mol. The highest BCUT2D eigenvalue weighted by atomic mass is 32.2. The predicted octanol–water partition coefficient (Wildman–Crippen LogP) is -0.831. The highest BCUT2D eigenvalue weighted by molar-refractivity contribution is 7.88. The fraction of sp³-hybridized carbons (Fsp3) is 0.889. The maximum atomic E-state index is 11.3. The van der Waals surface area contributed by atoms with Crippen LogP contribution in [0.5, 0.6) is 0 Å². The van der Waals surface area contributed by atoms with E-state index in [-0.39, 0.29) is 5.91 Å². The summed E-state index contributed by atoms with van der Waals surface area (Å²) in [7, 11) is -3.14. The van der Waals surface area contributed by atoms with Gasteiger partial charge >= 0.3 is 0 Å². The predicted molar refractivity (Wildman–Crippen MR) is 63.4 cm³/mol. The number of nitrogens with two attached hydrogens (primary N) is 1. The first-order valence-electron chi connectivity index (χ1n) is 5.34. The first-order valence-corrected chi connectivity index (χ1v) is 7.24. The monoisotopic (exact) mass is 251 g/mol. The molecule has 0 aliphatic rings. The van der Waals surface area contributed by atoms with Gasteiger partial charge in [0, 0.05) is 13.1 Å². The van der Waals surface area contributed by atoms with Gasteiger partial charge < -0.3 is 11.1 Å². The van der Waals surface area contributed by atoms with Gasteiger partial charge in [0.2, 0.25) is 15.9 Å².